The molecule has 2 rings (SSSR count). The highest BCUT2D eigenvalue weighted by Crippen LogP contribution is 2.15. The highest BCUT2D eigenvalue weighted by molar-refractivity contribution is 9.10. The maximum absolute atomic E-state index is 11.8. The third-order valence-electron chi connectivity index (χ3n) is 2.30. The molecule has 0 spiro atoms. The largest absolute Gasteiger partial charge is 0.352 e. The van der Waals surface area contributed by atoms with Gasteiger partial charge in [0.05, 0.1) is 5.69 Å². The van der Waals surface area contributed by atoms with Gasteiger partial charge in [-0.1, -0.05) is 22.0 Å². The Kier molecular flexibility index (Phi) is 2.92. The average molecular weight is 279 g/mol. The second kappa shape index (κ2) is 4.22. The van der Waals surface area contributed by atoms with Crippen LogP contribution in [0, 0.1) is 13.8 Å². The Bertz CT molecular complexity index is 590. The molecule has 0 aliphatic carbocycles. The first-order valence-electron chi connectivity index (χ1n) is 4.91. The van der Waals surface area contributed by atoms with Crippen molar-refractivity contribution in [3.8, 4) is 5.69 Å². The smallest absolute Gasteiger partial charge is 0.265 e. The Morgan fingerprint density at radius 1 is 1.25 bits per heavy atom. The molecule has 4 heteroatoms. The number of nitrogens with zero attached hydrogens (tertiary/aromatic N) is 2. The minimum Gasteiger partial charge on any atom is -0.265 e. The topological polar surface area (TPSA) is 34.9 Å². The van der Waals surface area contributed by atoms with Crippen LogP contribution in [0.2, 0.25) is 0 Å². The molecule has 0 bridgehead atoms. The van der Waals surface area contributed by atoms with Gasteiger partial charge in [0.2, 0.25) is 0 Å². The van der Waals surface area contributed by atoms with E-state index in [1.54, 1.807) is 4.57 Å². The Balaban J connectivity index is 2.70. The number of hydrogen-bond donors (Lipinski definition) is 0. The molecule has 3 nitrogen and oxygen atoms in total. The van der Waals surface area contributed by atoms with Crippen LogP contribution >= 0.6 is 15.9 Å². The molecular formula is C12H11BrN2O. The molecule has 1 aromatic heterocycles. The second-order valence-corrected chi connectivity index (χ2v) is 4.55. The van der Waals surface area contributed by atoms with Crippen LogP contribution in [0.5, 0.6) is 0 Å². The molecule has 0 N–H and O–H groups in total. The van der Waals surface area contributed by atoms with Crippen LogP contribution in [-0.2, 0) is 0 Å². The van der Waals surface area contributed by atoms with Crippen molar-refractivity contribution < 1.29 is 0 Å². The van der Waals surface area contributed by atoms with E-state index >= 15 is 0 Å². The lowest BCUT2D eigenvalue weighted by atomic mass is 10.3. The molecule has 0 radical (unpaired) electrons. The van der Waals surface area contributed by atoms with Crippen LogP contribution in [0.25, 0.3) is 5.69 Å². The van der Waals surface area contributed by atoms with Gasteiger partial charge in [0.1, 0.15) is 0 Å². The summed E-state index contributed by atoms with van der Waals surface area (Å²) in [5.41, 5.74) is 2.21. The van der Waals surface area contributed by atoms with E-state index in [1.807, 2.05) is 44.2 Å². The first-order valence-corrected chi connectivity index (χ1v) is 5.70. The lowest BCUT2D eigenvalue weighted by Crippen LogP contribution is -2.23. The van der Waals surface area contributed by atoms with E-state index < -0.39 is 0 Å². The quantitative estimate of drug-likeness (QED) is 0.804. The predicted molar refractivity (Wildman–Crippen MR) is 67.0 cm³/mol. The maximum atomic E-state index is 11.8. The van der Waals surface area contributed by atoms with Crippen molar-refractivity contribution >= 4 is 15.9 Å². The minimum atomic E-state index is -0.240. The number of rotatable bonds is 1. The lowest BCUT2D eigenvalue weighted by molar-refractivity contribution is 0.855. The molecule has 0 aliphatic heterocycles. The van der Waals surface area contributed by atoms with Gasteiger partial charge >= 0.3 is 5.69 Å². The van der Waals surface area contributed by atoms with Crippen LogP contribution < -0.4 is 5.69 Å². The van der Waals surface area contributed by atoms with Crippen LogP contribution in [0.1, 0.15) is 11.4 Å². The molecule has 1 heterocycles. The van der Waals surface area contributed by atoms with Gasteiger partial charge in [-0.05, 0) is 38.1 Å². The summed E-state index contributed by atoms with van der Waals surface area (Å²) in [5, 5.41) is 0. The highest BCUT2D eigenvalue weighted by Gasteiger charge is 2.05. The van der Waals surface area contributed by atoms with Crippen molar-refractivity contribution in [2.24, 2.45) is 0 Å². The van der Waals surface area contributed by atoms with E-state index in [4.69, 9.17) is 0 Å². The zero-order chi connectivity index (χ0) is 11.7. The van der Waals surface area contributed by atoms with Gasteiger partial charge in [-0.3, -0.25) is 4.57 Å². The van der Waals surface area contributed by atoms with E-state index in [1.165, 1.54) is 0 Å². The fourth-order valence-electron chi connectivity index (χ4n) is 1.68. The van der Waals surface area contributed by atoms with Gasteiger partial charge in [-0.2, -0.15) is 4.98 Å². The van der Waals surface area contributed by atoms with Crippen molar-refractivity contribution in [3.63, 3.8) is 0 Å². The lowest BCUT2D eigenvalue weighted by Gasteiger charge is -2.09. The molecule has 0 unspecified atom stereocenters. The minimum absolute atomic E-state index is 0.240. The Morgan fingerprint density at radius 2 is 2.00 bits per heavy atom. The molecule has 0 fully saturated rings. The average Bonchev–Trinajstić information content (AvgIpc) is 2.15. The van der Waals surface area contributed by atoms with Crippen LogP contribution in [0.15, 0.2) is 39.6 Å². The molecule has 0 atom stereocenters. The molecule has 0 saturated carbocycles. The zero-order valence-corrected chi connectivity index (χ0v) is 10.7. The Morgan fingerprint density at radius 3 is 2.62 bits per heavy atom. The SMILES string of the molecule is Cc1cc(C)n(-c2cccc(Br)c2)c(=O)n1. The van der Waals surface area contributed by atoms with Crippen molar-refractivity contribution in [2.75, 3.05) is 0 Å². The summed E-state index contributed by atoms with van der Waals surface area (Å²) < 4.78 is 2.54. The number of halogens is 1. The number of benzene rings is 1. The summed E-state index contributed by atoms with van der Waals surface area (Å²) in [4.78, 5) is 15.7. The normalized spacial score (nSPS) is 10.4. The van der Waals surface area contributed by atoms with Crippen LogP contribution in [0.4, 0.5) is 0 Å². The van der Waals surface area contributed by atoms with Crippen molar-refractivity contribution in [3.05, 3.63) is 56.7 Å². The van der Waals surface area contributed by atoms with Gasteiger partial charge in [0.25, 0.3) is 0 Å². The maximum Gasteiger partial charge on any atom is 0.352 e. The van der Waals surface area contributed by atoms with Crippen LogP contribution in [-0.4, -0.2) is 9.55 Å². The molecule has 2 aromatic rings. The van der Waals surface area contributed by atoms with E-state index in [0.29, 0.717) is 0 Å². The molecule has 0 saturated heterocycles. The Labute approximate surface area is 102 Å². The van der Waals surface area contributed by atoms with E-state index in [0.717, 1.165) is 21.5 Å². The summed E-state index contributed by atoms with van der Waals surface area (Å²) in [7, 11) is 0. The Hall–Kier alpha value is -1.42. The molecule has 0 aliphatic rings. The number of aromatic nitrogens is 2. The first kappa shape index (κ1) is 11.1. The zero-order valence-electron chi connectivity index (χ0n) is 9.07. The van der Waals surface area contributed by atoms with Gasteiger partial charge in [0.15, 0.2) is 0 Å². The van der Waals surface area contributed by atoms with E-state index in [-0.39, 0.29) is 5.69 Å². The molecule has 0 amide bonds. The summed E-state index contributed by atoms with van der Waals surface area (Å²) >= 11 is 3.39. The van der Waals surface area contributed by atoms with Gasteiger partial charge in [-0.15, -0.1) is 0 Å². The van der Waals surface area contributed by atoms with Crippen molar-refractivity contribution in [2.45, 2.75) is 13.8 Å². The summed E-state index contributed by atoms with van der Waals surface area (Å²) in [6, 6.07) is 9.49. The van der Waals surface area contributed by atoms with Gasteiger partial charge in [-0.25, -0.2) is 4.79 Å². The van der Waals surface area contributed by atoms with Crippen molar-refractivity contribution in [1.82, 2.24) is 9.55 Å². The summed E-state index contributed by atoms with van der Waals surface area (Å²) in [5.74, 6) is 0. The number of hydrogen-bond acceptors (Lipinski definition) is 2. The van der Waals surface area contributed by atoms with Gasteiger partial charge < -0.3 is 0 Å². The van der Waals surface area contributed by atoms with E-state index in [2.05, 4.69) is 20.9 Å². The molecule has 82 valence electrons. The molecule has 1 aromatic carbocycles. The first-order chi connectivity index (χ1) is 7.58. The third kappa shape index (κ3) is 2.07. The number of aryl methyl sites for hydroxylation is 2. The molecular weight excluding hydrogens is 268 g/mol. The van der Waals surface area contributed by atoms with Gasteiger partial charge in [0, 0.05) is 15.9 Å². The van der Waals surface area contributed by atoms with Crippen molar-refractivity contribution in [1.29, 1.82) is 0 Å². The molecule has 16 heavy (non-hydrogen) atoms. The van der Waals surface area contributed by atoms with E-state index in [9.17, 15) is 4.79 Å². The summed E-state index contributed by atoms with van der Waals surface area (Å²) in [6.45, 7) is 3.72. The van der Waals surface area contributed by atoms with Crippen LogP contribution in [0.3, 0.4) is 0 Å². The second-order valence-electron chi connectivity index (χ2n) is 3.64. The highest BCUT2D eigenvalue weighted by atomic mass is 79.9. The standard InChI is InChI=1S/C12H11BrN2O/c1-8-6-9(2)15(12(16)14-8)11-5-3-4-10(13)7-11/h3-7H,1-2H3. The fraction of sp³-hybridized carbons (Fsp3) is 0.167. The monoisotopic (exact) mass is 278 g/mol. The third-order valence-corrected chi connectivity index (χ3v) is 2.79. The predicted octanol–water partition coefficient (Wildman–Crippen LogP) is 2.61. The fourth-order valence-corrected chi connectivity index (χ4v) is 2.07. The summed E-state index contributed by atoms with van der Waals surface area (Å²) in [6.07, 6.45) is 0.